The van der Waals surface area contributed by atoms with Gasteiger partial charge in [0.1, 0.15) is 12.4 Å². The number of hydrogen-bond acceptors (Lipinski definition) is 4. The average Bonchev–Trinajstić information content (AvgIpc) is 2.80. The molecule has 2 amide bonds. The van der Waals surface area contributed by atoms with Gasteiger partial charge in [-0.3, -0.25) is 9.59 Å². The Bertz CT molecular complexity index is 1120. The zero-order valence-electron chi connectivity index (χ0n) is 16.6. The van der Waals surface area contributed by atoms with Crippen molar-refractivity contribution in [3.05, 3.63) is 99.5 Å². The number of nitrogens with one attached hydrogen (secondary N) is 2. The molecule has 3 aromatic rings. The van der Waals surface area contributed by atoms with Crippen molar-refractivity contribution in [2.24, 2.45) is 0 Å². The molecule has 3 aromatic carbocycles. The summed E-state index contributed by atoms with van der Waals surface area (Å²) < 4.78 is 6.57. The Hall–Kier alpha value is -3.63. The highest BCUT2D eigenvalue weighted by Crippen LogP contribution is 2.17. The summed E-state index contributed by atoms with van der Waals surface area (Å²) in [4.78, 5) is 24.5. The van der Waals surface area contributed by atoms with Gasteiger partial charge in [0.2, 0.25) is 0 Å². The summed E-state index contributed by atoms with van der Waals surface area (Å²) in [5, 5.41) is 14.7. The van der Waals surface area contributed by atoms with E-state index in [9.17, 15) is 9.59 Å². The summed E-state index contributed by atoms with van der Waals surface area (Å²) in [6.45, 7) is 0.827. The molecule has 0 aliphatic heterocycles. The van der Waals surface area contributed by atoms with Crippen molar-refractivity contribution >= 4 is 27.7 Å². The quantitative estimate of drug-likeness (QED) is 0.478. The zero-order valence-corrected chi connectivity index (χ0v) is 18.2. The minimum atomic E-state index is -0.264. The van der Waals surface area contributed by atoms with E-state index in [1.165, 1.54) is 0 Å². The van der Waals surface area contributed by atoms with Gasteiger partial charge in [-0.2, -0.15) is 5.26 Å². The lowest BCUT2D eigenvalue weighted by Crippen LogP contribution is -2.34. The predicted octanol–water partition coefficient (Wildman–Crippen LogP) is 4.06. The molecule has 7 heteroatoms. The minimum Gasteiger partial charge on any atom is -0.489 e. The first-order valence-electron chi connectivity index (χ1n) is 9.59. The molecule has 2 N–H and O–H groups in total. The van der Waals surface area contributed by atoms with E-state index in [1.54, 1.807) is 54.6 Å². The Morgan fingerprint density at radius 3 is 2.19 bits per heavy atom. The molecule has 0 saturated carbocycles. The summed E-state index contributed by atoms with van der Waals surface area (Å²) in [5.74, 6) is 0.0616. The number of rotatable bonds is 8. The predicted molar refractivity (Wildman–Crippen MR) is 121 cm³/mol. The fraction of sp³-hybridized carbons (Fsp3) is 0.125. The van der Waals surface area contributed by atoms with Crippen molar-refractivity contribution in [3.8, 4) is 11.8 Å². The Morgan fingerprint density at radius 1 is 0.871 bits per heavy atom. The number of nitrogens with zero attached hydrogens (tertiary/aromatic N) is 1. The third-order valence-electron chi connectivity index (χ3n) is 4.41. The van der Waals surface area contributed by atoms with Crippen LogP contribution in [-0.4, -0.2) is 24.9 Å². The van der Waals surface area contributed by atoms with E-state index in [0.717, 1.165) is 10.0 Å². The van der Waals surface area contributed by atoms with E-state index in [4.69, 9.17) is 10.00 Å². The number of benzene rings is 3. The molecule has 0 spiro atoms. The van der Waals surface area contributed by atoms with E-state index in [0.29, 0.717) is 35.5 Å². The molecule has 3 rings (SSSR count). The van der Waals surface area contributed by atoms with Gasteiger partial charge in [-0.1, -0.05) is 46.3 Å². The second-order valence-electron chi connectivity index (χ2n) is 6.61. The molecule has 0 unspecified atom stereocenters. The van der Waals surface area contributed by atoms with Gasteiger partial charge in [-0.05, 0) is 42.5 Å². The van der Waals surface area contributed by atoms with E-state index in [-0.39, 0.29) is 18.4 Å². The van der Waals surface area contributed by atoms with Crippen LogP contribution in [0, 0.1) is 11.3 Å². The standard InChI is InChI=1S/C24H20BrN3O3/c25-21-9-3-7-17(13-21)23(29)27-11-12-28-24(30)18-8-4-10-22(14-18)31-16-20-6-2-1-5-19(20)15-26/h1-10,13-14H,11-12,16H2,(H,27,29)(H,28,30). The van der Waals surface area contributed by atoms with Gasteiger partial charge < -0.3 is 15.4 Å². The Kier molecular flexibility index (Phi) is 7.79. The van der Waals surface area contributed by atoms with Gasteiger partial charge in [0.25, 0.3) is 11.8 Å². The Labute approximate surface area is 189 Å². The van der Waals surface area contributed by atoms with Gasteiger partial charge in [0.05, 0.1) is 11.6 Å². The monoisotopic (exact) mass is 477 g/mol. The summed E-state index contributed by atoms with van der Waals surface area (Å²) in [7, 11) is 0. The number of hydrogen-bond donors (Lipinski definition) is 2. The van der Waals surface area contributed by atoms with Crippen LogP contribution in [0.2, 0.25) is 0 Å². The lowest BCUT2D eigenvalue weighted by atomic mass is 10.1. The fourth-order valence-electron chi connectivity index (χ4n) is 2.83. The van der Waals surface area contributed by atoms with E-state index < -0.39 is 0 Å². The van der Waals surface area contributed by atoms with Gasteiger partial charge >= 0.3 is 0 Å². The highest BCUT2D eigenvalue weighted by atomic mass is 79.9. The van der Waals surface area contributed by atoms with Crippen molar-refractivity contribution < 1.29 is 14.3 Å². The van der Waals surface area contributed by atoms with Crippen molar-refractivity contribution in [1.82, 2.24) is 10.6 Å². The highest BCUT2D eigenvalue weighted by molar-refractivity contribution is 9.10. The molecule has 6 nitrogen and oxygen atoms in total. The third-order valence-corrected chi connectivity index (χ3v) is 4.90. The van der Waals surface area contributed by atoms with Gasteiger partial charge in [0, 0.05) is 34.3 Å². The number of carbonyl (C=O) groups is 2. The normalized spacial score (nSPS) is 10.1. The van der Waals surface area contributed by atoms with Gasteiger partial charge in [-0.15, -0.1) is 0 Å². The summed E-state index contributed by atoms with van der Waals surface area (Å²) in [6, 6.07) is 23.2. The summed E-state index contributed by atoms with van der Waals surface area (Å²) in [5.41, 5.74) is 2.33. The molecule has 0 aliphatic carbocycles. The van der Waals surface area contributed by atoms with E-state index >= 15 is 0 Å². The van der Waals surface area contributed by atoms with E-state index in [2.05, 4.69) is 32.6 Å². The minimum absolute atomic E-state index is 0.205. The second kappa shape index (κ2) is 11.0. The van der Waals surface area contributed by atoms with Crippen LogP contribution in [-0.2, 0) is 6.61 Å². The number of halogens is 1. The molecule has 0 heterocycles. The van der Waals surface area contributed by atoms with Crippen LogP contribution in [0.15, 0.2) is 77.3 Å². The average molecular weight is 478 g/mol. The maximum atomic E-state index is 12.4. The van der Waals surface area contributed by atoms with E-state index in [1.807, 2.05) is 18.2 Å². The molecule has 31 heavy (non-hydrogen) atoms. The van der Waals surface area contributed by atoms with Gasteiger partial charge in [-0.25, -0.2) is 0 Å². The number of ether oxygens (including phenoxy) is 1. The molecule has 0 bridgehead atoms. The van der Waals surface area contributed by atoms with Crippen molar-refractivity contribution in [2.75, 3.05) is 13.1 Å². The Balaban J connectivity index is 1.48. The molecule has 0 atom stereocenters. The van der Waals surface area contributed by atoms with Gasteiger partial charge in [0.15, 0.2) is 0 Å². The number of amides is 2. The lowest BCUT2D eigenvalue weighted by molar-refractivity contribution is 0.0927. The van der Waals surface area contributed by atoms with Crippen molar-refractivity contribution in [2.45, 2.75) is 6.61 Å². The maximum Gasteiger partial charge on any atom is 0.251 e. The zero-order chi connectivity index (χ0) is 22.1. The van der Waals surface area contributed by atoms with Crippen LogP contribution in [0.4, 0.5) is 0 Å². The van der Waals surface area contributed by atoms with Crippen LogP contribution >= 0.6 is 15.9 Å². The molecule has 0 fully saturated rings. The fourth-order valence-corrected chi connectivity index (χ4v) is 3.23. The molecular formula is C24H20BrN3O3. The summed E-state index contributed by atoms with van der Waals surface area (Å²) >= 11 is 3.33. The molecule has 0 aromatic heterocycles. The van der Waals surface area contributed by atoms with Crippen LogP contribution in [0.5, 0.6) is 5.75 Å². The summed E-state index contributed by atoms with van der Waals surface area (Å²) in [6.07, 6.45) is 0. The molecule has 0 aliphatic rings. The van der Waals surface area contributed by atoms with Crippen molar-refractivity contribution in [1.29, 1.82) is 5.26 Å². The topological polar surface area (TPSA) is 91.2 Å². The molecule has 0 saturated heterocycles. The first-order chi connectivity index (χ1) is 15.1. The SMILES string of the molecule is N#Cc1ccccc1COc1cccc(C(=O)NCCNC(=O)c2cccc(Br)c2)c1. The largest absolute Gasteiger partial charge is 0.489 e. The van der Waals surface area contributed by atoms with Crippen LogP contribution < -0.4 is 15.4 Å². The van der Waals surface area contributed by atoms with Crippen LogP contribution in [0.1, 0.15) is 31.8 Å². The van der Waals surface area contributed by atoms with Crippen LogP contribution in [0.3, 0.4) is 0 Å². The third kappa shape index (κ3) is 6.43. The smallest absolute Gasteiger partial charge is 0.251 e. The highest BCUT2D eigenvalue weighted by Gasteiger charge is 2.09. The first-order valence-corrected chi connectivity index (χ1v) is 10.4. The number of carbonyl (C=O) groups excluding carboxylic acids is 2. The molecular weight excluding hydrogens is 458 g/mol. The van der Waals surface area contributed by atoms with Crippen LogP contribution in [0.25, 0.3) is 0 Å². The second-order valence-corrected chi connectivity index (χ2v) is 7.52. The van der Waals surface area contributed by atoms with Crippen molar-refractivity contribution in [3.63, 3.8) is 0 Å². The maximum absolute atomic E-state index is 12.4. The first kappa shape index (κ1) is 22.1. The lowest BCUT2D eigenvalue weighted by Gasteiger charge is -2.10. The molecule has 0 radical (unpaired) electrons. The molecule has 156 valence electrons. The number of nitriles is 1. The Morgan fingerprint density at radius 2 is 1.52 bits per heavy atom.